The van der Waals surface area contributed by atoms with Crippen LogP contribution in [-0.2, 0) is 20.9 Å². The van der Waals surface area contributed by atoms with E-state index in [2.05, 4.69) is 53.4 Å². The molecule has 0 aliphatic heterocycles. The minimum absolute atomic E-state index is 0.00581. The Morgan fingerprint density at radius 1 is 0.895 bits per heavy atom. The van der Waals surface area contributed by atoms with E-state index in [0.717, 1.165) is 59.3 Å². The van der Waals surface area contributed by atoms with Gasteiger partial charge in [0.25, 0.3) is 0 Å². The van der Waals surface area contributed by atoms with Gasteiger partial charge in [-0.15, -0.1) is 0 Å². The maximum Gasteiger partial charge on any atom is 0.330 e. The molecule has 1 saturated carbocycles. The molecule has 0 N–H and O–H groups in total. The minimum Gasteiger partial charge on any atom is -0.466 e. The van der Waals surface area contributed by atoms with Gasteiger partial charge < -0.3 is 14.5 Å². The lowest BCUT2D eigenvalue weighted by atomic mass is 9.88. The van der Waals surface area contributed by atoms with Gasteiger partial charge in [0.1, 0.15) is 0 Å². The average molecular weight is 531 g/mol. The highest BCUT2D eigenvalue weighted by Crippen LogP contribution is 2.31. The lowest BCUT2D eigenvalue weighted by molar-refractivity contribution is -0.134. The van der Waals surface area contributed by atoms with E-state index >= 15 is 0 Å². The van der Waals surface area contributed by atoms with Crippen LogP contribution in [0, 0.1) is 5.92 Å². The molecule has 6 heteroatoms. The van der Waals surface area contributed by atoms with Crippen LogP contribution >= 0.6 is 11.6 Å². The first-order valence-corrected chi connectivity index (χ1v) is 13.5. The van der Waals surface area contributed by atoms with E-state index < -0.39 is 5.97 Å². The molecule has 198 valence electrons. The van der Waals surface area contributed by atoms with Crippen LogP contribution < -0.4 is 9.80 Å². The number of anilines is 2. The summed E-state index contributed by atoms with van der Waals surface area (Å²) in [5, 5.41) is 0.505. The molecule has 3 aromatic carbocycles. The first-order chi connectivity index (χ1) is 18.3. The van der Waals surface area contributed by atoms with Crippen LogP contribution in [0.15, 0.2) is 72.8 Å². The average Bonchev–Trinajstić information content (AvgIpc) is 2.94. The van der Waals surface area contributed by atoms with Gasteiger partial charge in [0.05, 0.1) is 13.7 Å². The third-order valence-electron chi connectivity index (χ3n) is 7.06. The molecule has 1 aliphatic carbocycles. The fourth-order valence-electron chi connectivity index (χ4n) is 4.88. The molecule has 0 saturated heterocycles. The molecular weight excluding hydrogens is 496 g/mol. The Bertz CT molecular complexity index is 1280. The fourth-order valence-corrected chi connectivity index (χ4v) is 5.12. The fraction of sp³-hybridized carbons (Fsp3) is 0.312. The maximum atomic E-state index is 13.8. The normalized spacial score (nSPS) is 13.9. The van der Waals surface area contributed by atoms with Crippen molar-refractivity contribution in [3.63, 3.8) is 0 Å². The number of carbonyl (C=O) groups excluding carboxylic acids is 2. The minimum atomic E-state index is -0.446. The molecule has 3 aromatic rings. The van der Waals surface area contributed by atoms with E-state index in [-0.39, 0.29) is 11.8 Å². The number of halogens is 1. The van der Waals surface area contributed by atoms with Gasteiger partial charge in [-0.1, -0.05) is 67.3 Å². The van der Waals surface area contributed by atoms with Crippen molar-refractivity contribution in [1.29, 1.82) is 0 Å². The number of hydrogen-bond acceptors (Lipinski definition) is 4. The van der Waals surface area contributed by atoms with Crippen LogP contribution in [0.5, 0.6) is 0 Å². The smallest absolute Gasteiger partial charge is 0.330 e. The van der Waals surface area contributed by atoms with Gasteiger partial charge in [-0.05, 0) is 71.5 Å². The molecule has 1 amide bonds. The van der Waals surface area contributed by atoms with E-state index in [4.69, 9.17) is 16.3 Å². The third-order valence-corrected chi connectivity index (χ3v) is 7.28. The Labute approximate surface area is 230 Å². The number of ether oxygens (including phenoxy) is 1. The molecule has 1 fully saturated rings. The predicted octanol–water partition coefficient (Wildman–Crippen LogP) is 7.37. The van der Waals surface area contributed by atoms with E-state index in [1.807, 2.05) is 31.1 Å². The molecule has 0 bridgehead atoms. The summed E-state index contributed by atoms with van der Waals surface area (Å²) in [6.45, 7) is 0.440. The van der Waals surface area contributed by atoms with Gasteiger partial charge in [0.15, 0.2) is 0 Å². The summed E-state index contributed by atoms with van der Waals surface area (Å²) in [5.41, 5.74) is 5.92. The van der Waals surface area contributed by atoms with Crippen molar-refractivity contribution in [2.45, 2.75) is 38.6 Å². The summed E-state index contributed by atoms with van der Waals surface area (Å²) >= 11 is 6.46. The molecule has 0 heterocycles. The van der Waals surface area contributed by atoms with Gasteiger partial charge in [0, 0.05) is 42.5 Å². The van der Waals surface area contributed by atoms with Crippen LogP contribution in [0.4, 0.5) is 11.4 Å². The molecule has 0 unspecified atom stereocenters. The number of hydrogen-bond donors (Lipinski definition) is 0. The summed E-state index contributed by atoms with van der Waals surface area (Å²) in [6, 6.07) is 22.3. The Hall–Kier alpha value is -3.57. The second-order valence-electron chi connectivity index (χ2n) is 10.00. The summed E-state index contributed by atoms with van der Waals surface area (Å²) in [6.07, 6.45) is 8.16. The van der Waals surface area contributed by atoms with Crippen LogP contribution in [0.3, 0.4) is 0 Å². The zero-order chi connectivity index (χ0) is 27.1. The predicted molar refractivity (Wildman–Crippen MR) is 156 cm³/mol. The molecule has 38 heavy (non-hydrogen) atoms. The lowest BCUT2D eigenvalue weighted by Crippen LogP contribution is -2.36. The van der Waals surface area contributed by atoms with Gasteiger partial charge in [-0.3, -0.25) is 4.79 Å². The summed E-state index contributed by atoms with van der Waals surface area (Å²) in [7, 11) is 5.40. The summed E-state index contributed by atoms with van der Waals surface area (Å²) in [5.74, 6) is -0.317. The molecule has 0 radical (unpaired) electrons. The number of nitrogens with zero attached hydrogens (tertiary/aromatic N) is 2. The van der Waals surface area contributed by atoms with Crippen LogP contribution in [0.2, 0.25) is 5.02 Å². The Morgan fingerprint density at radius 3 is 2.13 bits per heavy atom. The van der Waals surface area contributed by atoms with Crippen LogP contribution in [0.25, 0.3) is 17.2 Å². The van der Waals surface area contributed by atoms with Crippen molar-refractivity contribution in [2.75, 3.05) is 31.0 Å². The second-order valence-corrected chi connectivity index (χ2v) is 10.4. The number of carbonyl (C=O) groups is 2. The molecule has 0 aromatic heterocycles. The van der Waals surface area contributed by atoms with E-state index in [9.17, 15) is 9.59 Å². The molecular formula is C32H35ClN2O3. The van der Waals surface area contributed by atoms with Crippen LogP contribution in [0.1, 0.15) is 43.2 Å². The number of esters is 1. The lowest BCUT2D eigenvalue weighted by Gasteiger charge is -2.30. The van der Waals surface area contributed by atoms with E-state index in [1.54, 1.807) is 12.1 Å². The molecule has 4 rings (SSSR count). The first kappa shape index (κ1) is 27.5. The van der Waals surface area contributed by atoms with Gasteiger partial charge in [-0.25, -0.2) is 4.79 Å². The summed E-state index contributed by atoms with van der Waals surface area (Å²) in [4.78, 5) is 29.3. The maximum absolute atomic E-state index is 13.8. The molecule has 5 nitrogen and oxygen atoms in total. The third kappa shape index (κ3) is 7.05. The van der Waals surface area contributed by atoms with Gasteiger partial charge >= 0.3 is 5.97 Å². The molecule has 0 atom stereocenters. The topological polar surface area (TPSA) is 49.9 Å². The quantitative estimate of drug-likeness (QED) is 0.225. The number of methoxy groups -OCH3 is 1. The largest absolute Gasteiger partial charge is 0.466 e. The van der Waals surface area contributed by atoms with Gasteiger partial charge in [0.2, 0.25) is 5.91 Å². The number of benzene rings is 3. The van der Waals surface area contributed by atoms with Crippen molar-refractivity contribution < 1.29 is 14.3 Å². The zero-order valence-electron chi connectivity index (χ0n) is 22.3. The second kappa shape index (κ2) is 12.8. The Balaban J connectivity index is 1.62. The standard InChI is InChI=1S/C32H35ClN2O3/c1-34(2)29-16-14-26(15-17-29)25-12-9-23(10-13-25)22-35(32(37)27-7-5-4-6-8-27)30-20-24(19-28(33)21-30)11-18-31(36)38-3/h9-21,27H,4-8,22H2,1-3H3/b18-11+. The van der Waals surface area contributed by atoms with Crippen molar-refractivity contribution in [3.8, 4) is 11.1 Å². The van der Waals surface area contributed by atoms with E-state index in [0.29, 0.717) is 11.6 Å². The van der Waals surface area contributed by atoms with Crippen molar-refractivity contribution >= 4 is 40.9 Å². The zero-order valence-corrected chi connectivity index (χ0v) is 23.1. The van der Waals surface area contributed by atoms with E-state index in [1.165, 1.54) is 19.6 Å². The Morgan fingerprint density at radius 2 is 1.53 bits per heavy atom. The first-order valence-electron chi connectivity index (χ1n) is 13.1. The highest BCUT2D eigenvalue weighted by atomic mass is 35.5. The SMILES string of the molecule is COC(=O)/C=C/c1cc(Cl)cc(N(Cc2ccc(-c3ccc(N(C)C)cc3)cc2)C(=O)C2CCCCC2)c1. The monoisotopic (exact) mass is 530 g/mol. The van der Waals surface area contributed by atoms with Crippen molar-refractivity contribution in [3.05, 3.63) is 89.0 Å². The van der Waals surface area contributed by atoms with Crippen molar-refractivity contribution in [2.24, 2.45) is 5.92 Å². The van der Waals surface area contributed by atoms with Crippen molar-refractivity contribution in [1.82, 2.24) is 0 Å². The van der Waals surface area contributed by atoms with Gasteiger partial charge in [-0.2, -0.15) is 0 Å². The molecule has 1 aliphatic rings. The van der Waals surface area contributed by atoms with Crippen LogP contribution in [-0.4, -0.2) is 33.1 Å². The molecule has 0 spiro atoms. The summed E-state index contributed by atoms with van der Waals surface area (Å²) < 4.78 is 4.71. The highest BCUT2D eigenvalue weighted by Gasteiger charge is 2.27. The Kier molecular flexibility index (Phi) is 9.24. The number of rotatable bonds is 8. The number of amides is 1. The highest BCUT2D eigenvalue weighted by molar-refractivity contribution is 6.31.